The van der Waals surface area contributed by atoms with Gasteiger partial charge < -0.3 is 0 Å². The maximum atomic E-state index is 11.7. The molecular formula is C11H10ClN3O2. The predicted octanol–water partition coefficient (Wildman–Crippen LogP) is 0.943. The molecule has 2 fully saturated rings. The van der Waals surface area contributed by atoms with Crippen LogP contribution < -0.4 is 0 Å². The third-order valence-corrected chi connectivity index (χ3v) is 3.32. The molecule has 0 radical (unpaired) electrons. The van der Waals surface area contributed by atoms with Crippen molar-refractivity contribution in [1.82, 2.24) is 14.9 Å². The lowest BCUT2D eigenvalue weighted by atomic mass is 10.4. The average Bonchev–Trinajstić information content (AvgIpc) is 2.98. The summed E-state index contributed by atoms with van der Waals surface area (Å²) in [5.74, 6) is 0.0611. The normalized spacial score (nSPS) is 26.4. The molecular weight excluding hydrogens is 242 g/mol. The molecule has 6 heteroatoms. The molecule has 0 N–H and O–H groups in total. The summed E-state index contributed by atoms with van der Waals surface area (Å²) in [6.07, 6.45) is 0.712. The lowest BCUT2D eigenvalue weighted by Crippen LogP contribution is -2.33. The van der Waals surface area contributed by atoms with Crippen molar-refractivity contribution in [1.29, 1.82) is 0 Å². The van der Waals surface area contributed by atoms with Gasteiger partial charge in [0.1, 0.15) is 11.0 Å². The number of carbonyl (C=O) groups excluding carboxylic acids is 2. The first kappa shape index (κ1) is 10.7. The highest BCUT2D eigenvalue weighted by Crippen LogP contribution is 2.47. The number of nitrogens with zero attached hydrogens (tertiary/aromatic N) is 3. The van der Waals surface area contributed by atoms with Gasteiger partial charge in [-0.05, 0) is 19.4 Å². The van der Waals surface area contributed by atoms with Gasteiger partial charge >= 0.3 is 0 Å². The molecule has 1 saturated carbocycles. The molecule has 2 amide bonds. The Labute approximate surface area is 103 Å². The Morgan fingerprint density at radius 2 is 2.00 bits per heavy atom. The topological polar surface area (TPSA) is 63.2 Å². The molecule has 88 valence electrons. The van der Waals surface area contributed by atoms with E-state index in [2.05, 4.69) is 9.97 Å². The quantitative estimate of drug-likeness (QED) is 0.580. The first-order valence-electron chi connectivity index (χ1n) is 5.41. The van der Waals surface area contributed by atoms with Crippen molar-refractivity contribution in [3.8, 4) is 0 Å². The van der Waals surface area contributed by atoms with Crippen LogP contribution in [0, 0.1) is 18.8 Å². The van der Waals surface area contributed by atoms with Gasteiger partial charge in [-0.3, -0.25) is 14.5 Å². The molecule has 1 aliphatic carbocycles. The van der Waals surface area contributed by atoms with E-state index in [4.69, 9.17) is 11.6 Å². The van der Waals surface area contributed by atoms with E-state index >= 15 is 0 Å². The summed E-state index contributed by atoms with van der Waals surface area (Å²) >= 11 is 5.81. The standard InChI is InChI=1S/C11H10ClN3O2/c1-5-2-8(12)14-9(13-5)4-15-10(16)6-3-7(6)11(15)17/h2,6-7H,3-4H2,1H3. The molecule has 2 unspecified atom stereocenters. The SMILES string of the molecule is Cc1cc(Cl)nc(CN2C(=O)C3CC3C2=O)n1. The molecule has 0 aromatic carbocycles. The number of hydrogen-bond acceptors (Lipinski definition) is 4. The van der Waals surface area contributed by atoms with Gasteiger partial charge in [0.05, 0.1) is 18.4 Å². The second-order valence-corrected chi connectivity index (χ2v) is 4.85. The summed E-state index contributed by atoms with van der Waals surface area (Å²) in [7, 11) is 0. The van der Waals surface area contributed by atoms with Crippen LogP contribution in [0.25, 0.3) is 0 Å². The van der Waals surface area contributed by atoms with E-state index in [1.807, 2.05) is 0 Å². The minimum Gasteiger partial charge on any atom is -0.274 e. The van der Waals surface area contributed by atoms with Crippen molar-refractivity contribution in [2.24, 2.45) is 11.8 Å². The van der Waals surface area contributed by atoms with Crippen molar-refractivity contribution in [2.45, 2.75) is 19.9 Å². The van der Waals surface area contributed by atoms with E-state index in [-0.39, 0.29) is 30.2 Å². The number of carbonyl (C=O) groups is 2. The van der Waals surface area contributed by atoms with Crippen LogP contribution in [0.5, 0.6) is 0 Å². The minimum atomic E-state index is -0.0961. The molecule has 1 aliphatic heterocycles. The zero-order valence-corrected chi connectivity index (χ0v) is 9.94. The van der Waals surface area contributed by atoms with Crippen LogP contribution in [0.1, 0.15) is 17.9 Å². The molecule has 17 heavy (non-hydrogen) atoms. The number of rotatable bonds is 2. The van der Waals surface area contributed by atoms with E-state index in [1.165, 1.54) is 4.90 Å². The van der Waals surface area contributed by atoms with Crippen LogP contribution in [0.2, 0.25) is 5.15 Å². The van der Waals surface area contributed by atoms with Crippen molar-refractivity contribution in [3.63, 3.8) is 0 Å². The maximum Gasteiger partial charge on any atom is 0.233 e. The second kappa shape index (κ2) is 3.50. The third kappa shape index (κ3) is 1.70. The van der Waals surface area contributed by atoms with Crippen molar-refractivity contribution < 1.29 is 9.59 Å². The fraction of sp³-hybridized carbons (Fsp3) is 0.455. The third-order valence-electron chi connectivity index (χ3n) is 3.13. The Balaban J connectivity index is 1.83. The summed E-state index contributed by atoms with van der Waals surface area (Å²) in [6.45, 7) is 1.92. The van der Waals surface area contributed by atoms with Crippen LogP contribution in [-0.2, 0) is 16.1 Å². The number of likely N-dealkylation sites (tertiary alicyclic amines) is 1. The largest absolute Gasteiger partial charge is 0.274 e. The minimum absolute atomic E-state index is 0.0808. The van der Waals surface area contributed by atoms with Gasteiger partial charge in [0, 0.05) is 5.69 Å². The molecule has 2 heterocycles. The molecule has 1 aromatic rings. The van der Waals surface area contributed by atoms with Gasteiger partial charge in [0.25, 0.3) is 0 Å². The Morgan fingerprint density at radius 1 is 1.35 bits per heavy atom. The second-order valence-electron chi connectivity index (χ2n) is 4.46. The number of fused-ring (bicyclic) bond motifs is 1. The van der Waals surface area contributed by atoms with E-state index in [9.17, 15) is 9.59 Å². The molecule has 0 spiro atoms. The number of amides is 2. The predicted molar refractivity (Wildman–Crippen MR) is 58.9 cm³/mol. The van der Waals surface area contributed by atoms with Gasteiger partial charge in [-0.1, -0.05) is 11.6 Å². The Hall–Kier alpha value is -1.49. The van der Waals surface area contributed by atoms with Crippen LogP contribution in [0.4, 0.5) is 0 Å². The zero-order chi connectivity index (χ0) is 12.2. The van der Waals surface area contributed by atoms with Crippen molar-refractivity contribution in [2.75, 3.05) is 0 Å². The Morgan fingerprint density at radius 3 is 2.59 bits per heavy atom. The highest BCUT2D eigenvalue weighted by Gasteiger charge is 2.58. The highest BCUT2D eigenvalue weighted by atomic mass is 35.5. The van der Waals surface area contributed by atoms with Crippen LogP contribution in [-0.4, -0.2) is 26.7 Å². The number of piperidine rings is 1. The Kier molecular flexibility index (Phi) is 2.19. The highest BCUT2D eigenvalue weighted by molar-refractivity contribution is 6.29. The van der Waals surface area contributed by atoms with E-state index < -0.39 is 0 Å². The zero-order valence-electron chi connectivity index (χ0n) is 9.18. The summed E-state index contributed by atoms with van der Waals surface area (Å²) in [4.78, 5) is 32.9. The number of halogens is 1. The van der Waals surface area contributed by atoms with Crippen LogP contribution in [0.3, 0.4) is 0 Å². The first-order chi connectivity index (χ1) is 8.06. The monoisotopic (exact) mass is 251 g/mol. The molecule has 2 atom stereocenters. The lowest BCUT2D eigenvalue weighted by Gasteiger charge is -2.15. The van der Waals surface area contributed by atoms with Crippen LogP contribution in [0.15, 0.2) is 6.07 Å². The van der Waals surface area contributed by atoms with Gasteiger partial charge in [-0.25, -0.2) is 9.97 Å². The smallest absolute Gasteiger partial charge is 0.233 e. The Bertz CT molecular complexity index is 491. The van der Waals surface area contributed by atoms with Crippen LogP contribution >= 0.6 is 11.6 Å². The number of aryl methyl sites for hydroxylation is 1. The van der Waals surface area contributed by atoms with Gasteiger partial charge in [-0.15, -0.1) is 0 Å². The van der Waals surface area contributed by atoms with E-state index in [0.717, 1.165) is 5.69 Å². The fourth-order valence-electron chi connectivity index (χ4n) is 2.21. The van der Waals surface area contributed by atoms with Gasteiger partial charge in [-0.2, -0.15) is 0 Å². The molecule has 0 bridgehead atoms. The summed E-state index contributed by atoms with van der Waals surface area (Å²) in [5.41, 5.74) is 0.726. The molecule has 3 rings (SSSR count). The van der Waals surface area contributed by atoms with Gasteiger partial charge in [0.15, 0.2) is 0 Å². The van der Waals surface area contributed by atoms with Crippen molar-refractivity contribution in [3.05, 3.63) is 22.7 Å². The molecule has 2 aliphatic rings. The number of aromatic nitrogens is 2. The fourth-order valence-corrected chi connectivity index (χ4v) is 2.46. The number of hydrogen-bond donors (Lipinski definition) is 0. The van der Waals surface area contributed by atoms with E-state index in [1.54, 1.807) is 13.0 Å². The van der Waals surface area contributed by atoms with E-state index in [0.29, 0.717) is 17.4 Å². The van der Waals surface area contributed by atoms with Gasteiger partial charge in [0.2, 0.25) is 11.8 Å². The summed E-state index contributed by atoms with van der Waals surface area (Å²) in [6, 6.07) is 1.64. The average molecular weight is 252 g/mol. The molecule has 1 saturated heterocycles. The summed E-state index contributed by atoms with van der Waals surface area (Å²) in [5, 5.41) is 0.330. The first-order valence-corrected chi connectivity index (χ1v) is 5.79. The number of imide groups is 1. The van der Waals surface area contributed by atoms with Crippen molar-refractivity contribution >= 4 is 23.4 Å². The lowest BCUT2D eigenvalue weighted by molar-refractivity contribution is -0.142. The molecule has 5 nitrogen and oxygen atoms in total. The summed E-state index contributed by atoms with van der Waals surface area (Å²) < 4.78 is 0. The maximum absolute atomic E-state index is 11.7. The molecule has 1 aromatic heterocycles.